The highest BCUT2D eigenvalue weighted by Gasteiger charge is 2.18. The number of hydrogen-bond donors (Lipinski definition) is 2. The molecule has 1 fully saturated rings. The minimum Gasteiger partial charge on any atom is -0.395 e. The van der Waals surface area contributed by atoms with Gasteiger partial charge >= 0.3 is 0 Å². The first-order valence-corrected chi connectivity index (χ1v) is 7.63. The summed E-state index contributed by atoms with van der Waals surface area (Å²) >= 11 is 0. The largest absolute Gasteiger partial charge is 0.395 e. The molecule has 1 saturated heterocycles. The van der Waals surface area contributed by atoms with E-state index >= 15 is 0 Å². The molecule has 0 unspecified atom stereocenters. The molecule has 1 heterocycles. The van der Waals surface area contributed by atoms with Gasteiger partial charge in [0.2, 0.25) is 0 Å². The summed E-state index contributed by atoms with van der Waals surface area (Å²) < 4.78 is 5.56. The van der Waals surface area contributed by atoms with E-state index in [1.807, 2.05) is 30.3 Å². The average molecular weight is 294 g/mol. The molecular weight excluding hydrogens is 268 g/mol. The summed E-state index contributed by atoms with van der Waals surface area (Å²) in [6.07, 6.45) is -0.446. The Labute approximate surface area is 126 Å². The van der Waals surface area contributed by atoms with Crippen molar-refractivity contribution in [3.63, 3.8) is 0 Å². The predicted molar refractivity (Wildman–Crippen MR) is 82.1 cm³/mol. The molecule has 1 aromatic carbocycles. The van der Waals surface area contributed by atoms with Gasteiger partial charge in [0, 0.05) is 39.3 Å². The second-order valence-corrected chi connectivity index (χ2v) is 5.52. The van der Waals surface area contributed by atoms with Crippen LogP contribution < -0.4 is 0 Å². The number of hydrogen-bond acceptors (Lipinski definition) is 5. The number of ether oxygens (including phenoxy) is 1. The molecule has 0 bridgehead atoms. The Bertz CT molecular complexity index is 380. The summed E-state index contributed by atoms with van der Waals surface area (Å²) in [5.41, 5.74) is 1.13. The lowest BCUT2D eigenvalue weighted by atomic mass is 10.2. The van der Waals surface area contributed by atoms with E-state index in [0.717, 1.165) is 38.3 Å². The fourth-order valence-corrected chi connectivity index (χ4v) is 2.57. The second kappa shape index (κ2) is 9.12. The van der Waals surface area contributed by atoms with Crippen molar-refractivity contribution < 1.29 is 14.9 Å². The number of benzene rings is 1. The first-order valence-electron chi connectivity index (χ1n) is 7.63. The van der Waals surface area contributed by atoms with E-state index in [1.54, 1.807) is 0 Å². The zero-order valence-electron chi connectivity index (χ0n) is 12.5. The Morgan fingerprint density at radius 2 is 1.71 bits per heavy atom. The third-order valence-electron chi connectivity index (χ3n) is 3.77. The fraction of sp³-hybridized carbons (Fsp3) is 0.625. The summed E-state index contributed by atoms with van der Waals surface area (Å²) in [6, 6.07) is 10.00. The van der Waals surface area contributed by atoms with Crippen LogP contribution in [0.15, 0.2) is 30.3 Å². The minimum atomic E-state index is -0.446. The molecule has 118 valence electrons. The van der Waals surface area contributed by atoms with Crippen LogP contribution in [-0.4, -0.2) is 78.6 Å². The molecule has 1 aromatic rings. The van der Waals surface area contributed by atoms with Gasteiger partial charge in [-0.3, -0.25) is 9.80 Å². The van der Waals surface area contributed by atoms with Crippen molar-refractivity contribution >= 4 is 0 Å². The van der Waals surface area contributed by atoms with Crippen molar-refractivity contribution in [1.29, 1.82) is 0 Å². The van der Waals surface area contributed by atoms with E-state index in [4.69, 9.17) is 9.84 Å². The third-order valence-corrected chi connectivity index (χ3v) is 3.77. The van der Waals surface area contributed by atoms with Gasteiger partial charge in [-0.2, -0.15) is 0 Å². The van der Waals surface area contributed by atoms with Crippen LogP contribution in [-0.2, 0) is 11.3 Å². The first-order chi connectivity index (χ1) is 10.3. The van der Waals surface area contributed by atoms with Crippen molar-refractivity contribution in [1.82, 2.24) is 9.80 Å². The Morgan fingerprint density at radius 1 is 1.05 bits per heavy atom. The quantitative estimate of drug-likeness (QED) is 0.716. The summed E-state index contributed by atoms with van der Waals surface area (Å²) in [6.45, 7) is 6.32. The van der Waals surface area contributed by atoms with E-state index < -0.39 is 6.10 Å². The highest BCUT2D eigenvalue weighted by atomic mass is 16.5. The molecule has 1 atom stereocenters. The van der Waals surface area contributed by atoms with Crippen LogP contribution in [0, 0.1) is 0 Å². The van der Waals surface area contributed by atoms with Crippen LogP contribution >= 0.6 is 0 Å². The average Bonchev–Trinajstić information content (AvgIpc) is 2.51. The maximum absolute atomic E-state index is 10.0. The Hall–Kier alpha value is -0.980. The van der Waals surface area contributed by atoms with E-state index in [9.17, 15) is 5.11 Å². The fourth-order valence-electron chi connectivity index (χ4n) is 2.57. The monoisotopic (exact) mass is 294 g/mol. The molecule has 21 heavy (non-hydrogen) atoms. The molecule has 0 saturated carbocycles. The van der Waals surface area contributed by atoms with Gasteiger partial charge in [0.15, 0.2) is 0 Å². The second-order valence-electron chi connectivity index (χ2n) is 5.52. The van der Waals surface area contributed by atoms with Crippen molar-refractivity contribution in [3.8, 4) is 0 Å². The Morgan fingerprint density at radius 3 is 2.38 bits per heavy atom. The molecule has 0 amide bonds. The van der Waals surface area contributed by atoms with Crippen LogP contribution in [0.25, 0.3) is 0 Å². The molecule has 1 aliphatic heterocycles. The lowest BCUT2D eigenvalue weighted by Gasteiger charge is -2.35. The van der Waals surface area contributed by atoms with Crippen molar-refractivity contribution in [2.75, 3.05) is 52.5 Å². The highest BCUT2D eigenvalue weighted by molar-refractivity contribution is 5.13. The normalized spacial score (nSPS) is 18.8. The van der Waals surface area contributed by atoms with Crippen molar-refractivity contribution in [2.45, 2.75) is 12.7 Å². The predicted octanol–water partition coefficient (Wildman–Crippen LogP) is 0.174. The van der Waals surface area contributed by atoms with Crippen LogP contribution in [0.5, 0.6) is 0 Å². The Balaban J connectivity index is 1.58. The van der Waals surface area contributed by atoms with Gasteiger partial charge in [-0.15, -0.1) is 0 Å². The van der Waals surface area contributed by atoms with Crippen molar-refractivity contribution in [2.24, 2.45) is 0 Å². The summed E-state index contributed by atoms with van der Waals surface area (Å²) in [5, 5.41) is 18.9. The lowest BCUT2D eigenvalue weighted by molar-refractivity contribution is 0.000520. The smallest absolute Gasteiger partial charge is 0.0900 e. The molecule has 0 aromatic heterocycles. The molecule has 5 nitrogen and oxygen atoms in total. The number of piperazine rings is 1. The zero-order valence-corrected chi connectivity index (χ0v) is 12.5. The zero-order chi connectivity index (χ0) is 14.9. The van der Waals surface area contributed by atoms with E-state index in [0.29, 0.717) is 19.8 Å². The van der Waals surface area contributed by atoms with Crippen LogP contribution in [0.3, 0.4) is 0 Å². The highest BCUT2D eigenvalue weighted by Crippen LogP contribution is 2.04. The molecule has 2 N–H and O–H groups in total. The number of nitrogens with zero attached hydrogens (tertiary/aromatic N) is 2. The van der Waals surface area contributed by atoms with Gasteiger partial charge in [-0.05, 0) is 5.56 Å². The number of aliphatic hydroxyl groups excluding tert-OH is 2. The van der Waals surface area contributed by atoms with Crippen LogP contribution in [0.1, 0.15) is 5.56 Å². The molecule has 0 radical (unpaired) electrons. The molecule has 0 spiro atoms. The van der Waals surface area contributed by atoms with Gasteiger partial charge in [0.25, 0.3) is 0 Å². The summed E-state index contributed by atoms with van der Waals surface area (Å²) in [4.78, 5) is 4.50. The standard InChI is InChI=1S/C16H26N2O3/c19-11-10-17-6-8-18(9-7-17)12-16(20)14-21-13-15-4-2-1-3-5-15/h1-5,16,19-20H,6-14H2/t16-/m0/s1. The van der Waals surface area contributed by atoms with Gasteiger partial charge in [0.1, 0.15) is 0 Å². The third kappa shape index (κ3) is 6.11. The SMILES string of the molecule is OCCN1CCN(C[C@H](O)COCc2ccccc2)CC1. The number of aliphatic hydroxyl groups is 2. The van der Waals surface area contributed by atoms with Gasteiger partial charge in [0.05, 0.1) is 25.9 Å². The summed E-state index contributed by atoms with van der Waals surface area (Å²) in [7, 11) is 0. The maximum atomic E-state index is 10.0. The number of rotatable bonds is 8. The van der Waals surface area contributed by atoms with Gasteiger partial charge in [-0.25, -0.2) is 0 Å². The van der Waals surface area contributed by atoms with Crippen LogP contribution in [0.2, 0.25) is 0 Å². The molecule has 1 aliphatic rings. The molecule has 2 rings (SSSR count). The molecule has 0 aliphatic carbocycles. The van der Waals surface area contributed by atoms with Crippen molar-refractivity contribution in [3.05, 3.63) is 35.9 Å². The van der Waals surface area contributed by atoms with Gasteiger partial charge in [-0.1, -0.05) is 30.3 Å². The van der Waals surface area contributed by atoms with E-state index in [1.165, 1.54) is 0 Å². The summed E-state index contributed by atoms with van der Waals surface area (Å²) in [5.74, 6) is 0. The molecule has 5 heteroatoms. The Kier molecular flexibility index (Phi) is 7.12. The maximum Gasteiger partial charge on any atom is 0.0900 e. The number of β-amino-alcohol motifs (C(OH)–C–C–N with tert-alkyl or cyclic N) is 2. The van der Waals surface area contributed by atoms with E-state index in [2.05, 4.69) is 9.80 Å². The minimum absolute atomic E-state index is 0.218. The van der Waals surface area contributed by atoms with Crippen LogP contribution in [0.4, 0.5) is 0 Å². The topological polar surface area (TPSA) is 56.2 Å². The lowest BCUT2D eigenvalue weighted by Crippen LogP contribution is -2.49. The first kappa shape index (κ1) is 16.4. The van der Waals surface area contributed by atoms with Gasteiger partial charge < -0.3 is 14.9 Å². The van der Waals surface area contributed by atoms with E-state index in [-0.39, 0.29) is 6.61 Å². The molecular formula is C16H26N2O3.